The number of primary amides is 1. The summed E-state index contributed by atoms with van der Waals surface area (Å²) in [5.74, 6) is 0.123. The number of nitrogens with two attached hydrogens (primary N) is 2. The van der Waals surface area contributed by atoms with E-state index < -0.39 is 5.91 Å². The fourth-order valence-corrected chi connectivity index (χ4v) is 1.82. The normalized spacial score (nSPS) is 10.3. The van der Waals surface area contributed by atoms with Crippen LogP contribution in [0.3, 0.4) is 0 Å². The molecule has 0 fully saturated rings. The Morgan fingerprint density at radius 1 is 1.29 bits per heavy atom. The van der Waals surface area contributed by atoms with Crippen molar-refractivity contribution >= 4 is 11.9 Å². The molecule has 0 saturated heterocycles. The van der Waals surface area contributed by atoms with Gasteiger partial charge in [-0.1, -0.05) is 25.5 Å². The highest BCUT2D eigenvalue weighted by Crippen LogP contribution is 2.23. The smallest absolute Gasteiger partial charge is 0.267 e. The number of hydrogen-bond donors (Lipinski definition) is 2. The van der Waals surface area contributed by atoms with Gasteiger partial charge in [-0.3, -0.25) is 4.79 Å². The largest absolute Gasteiger partial charge is 0.494 e. The lowest BCUT2D eigenvalue weighted by Crippen LogP contribution is -2.15. The minimum Gasteiger partial charge on any atom is -0.494 e. The van der Waals surface area contributed by atoms with Crippen molar-refractivity contribution in [2.24, 2.45) is 5.73 Å². The number of nitrogen functional groups attached to an aromatic ring is 1. The van der Waals surface area contributed by atoms with Gasteiger partial charge in [0.25, 0.3) is 5.91 Å². The molecule has 110 valence electrons. The molecule has 0 aliphatic carbocycles. The molecular weight excluding hydrogens is 268 g/mol. The first-order valence-electron chi connectivity index (χ1n) is 6.77. The third-order valence-electron chi connectivity index (χ3n) is 2.89. The van der Waals surface area contributed by atoms with E-state index in [0.717, 1.165) is 24.2 Å². The molecule has 21 heavy (non-hydrogen) atoms. The highest BCUT2D eigenvalue weighted by molar-refractivity contribution is 5.92. The van der Waals surface area contributed by atoms with Crippen molar-refractivity contribution in [2.75, 3.05) is 12.3 Å². The van der Waals surface area contributed by atoms with Gasteiger partial charge < -0.3 is 16.2 Å². The van der Waals surface area contributed by atoms with E-state index in [9.17, 15) is 4.79 Å². The van der Waals surface area contributed by atoms with Crippen LogP contribution >= 0.6 is 0 Å². The van der Waals surface area contributed by atoms with Gasteiger partial charge in [-0.2, -0.15) is 0 Å². The molecule has 0 saturated carbocycles. The fourth-order valence-electron chi connectivity index (χ4n) is 1.82. The number of benzene rings is 1. The van der Waals surface area contributed by atoms with Crippen LogP contribution in [0.4, 0.5) is 5.95 Å². The number of carbonyl (C=O) groups excluding carboxylic acids is 1. The summed E-state index contributed by atoms with van der Waals surface area (Å²) in [5, 5.41) is 0. The Morgan fingerprint density at radius 3 is 2.81 bits per heavy atom. The molecule has 0 atom stereocenters. The molecule has 6 heteroatoms. The lowest BCUT2D eigenvalue weighted by Gasteiger charge is -2.08. The molecular formula is C15H18N4O2. The van der Waals surface area contributed by atoms with E-state index in [-0.39, 0.29) is 11.6 Å². The van der Waals surface area contributed by atoms with E-state index in [0.29, 0.717) is 12.3 Å². The maximum atomic E-state index is 11.2. The Balaban J connectivity index is 2.29. The molecule has 6 nitrogen and oxygen atoms in total. The van der Waals surface area contributed by atoms with E-state index >= 15 is 0 Å². The van der Waals surface area contributed by atoms with E-state index in [1.54, 1.807) is 0 Å². The first-order chi connectivity index (χ1) is 10.1. The molecule has 0 spiro atoms. The number of rotatable bonds is 6. The molecule has 0 bridgehead atoms. The molecule has 4 N–H and O–H groups in total. The van der Waals surface area contributed by atoms with Gasteiger partial charge in [0.05, 0.1) is 12.3 Å². The highest BCUT2D eigenvalue weighted by atomic mass is 16.5. The van der Waals surface area contributed by atoms with Gasteiger partial charge in [0.2, 0.25) is 5.95 Å². The Bertz CT molecular complexity index is 643. The van der Waals surface area contributed by atoms with Crippen molar-refractivity contribution in [1.82, 2.24) is 9.97 Å². The van der Waals surface area contributed by atoms with Gasteiger partial charge >= 0.3 is 0 Å². The van der Waals surface area contributed by atoms with Gasteiger partial charge in [-0.15, -0.1) is 0 Å². The summed E-state index contributed by atoms with van der Waals surface area (Å²) in [4.78, 5) is 19.2. The summed E-state index contributed by atoms with van der Waals surface area (Å²) in [6.07, 6.45) is 2.07. The topological polar surface area (TPSA) is 104 Å². The maximum Gasteiger partial charge on any atom is 0.267 e. The first-order valence-corrected chi connectivity index (χ1v) is 6.77. The number of nitrogens with zero attached hydrogens (tertiary/aromatic N) is 2. The minimum atomic E-state index is -0.638. The minimum absolute atomic E-state index is 0.0126. The maximum absolute atomic E-state index is 11.2. The van der Waals surface area contributed by atoms with E-state index in [4.69, 9.17) is 16.2 Å². The van der Waals surface area contributed by atoms with Crippen molar-refractivity contribution in [2.45, 2.75) is 19.8 Å². The third-order valence-corrected chi connectivity index (χ3v) is 2.89. The molecule has 2 aromatic rings. The van der Waals surface area contributed by atoms with Crippen LogP contribution in [0.25, 0.3) is 11.3 Å². The number of ether oxygens (including phenoxy) is 1. The van der Waals surface area contributed by atoms with Crippen LogP contribution in [0.1, 0.15) is 30.3 Å². The molecule has 1 aromatic carbocycles. The fraction of sp³-hybridized carbons (Fsp3) is 0.267. The second-order valence-corrected chi connectivity index (χ2v) is 4.59. The van der Waals surface area contributed by atoms with Crippen molar-refractivity contribution in [3.05, 3.63) is 36.0 Å². The SMILES string of the molecule is CCCCOc1cccc(-c2cc(C(N)=O)nc(N)n2)c1. The van der Waals surface area contributed by atoms with Crippen molar-refractivity contribution < 1.29 is 9.53 Å². The predicted molar refractivity (Wildman–Crippen MR) is 80.8 cm³/mol. The van der Waals surface area contributed by atoms with Crippen LogP contribution in [-0.2, 0) is 0 Å². The monoisotopic (exact) mass is 286 g/mol. The zero-order valence-electron chi connectivity index (χ0n) is 11.9. The number of anilines is 1. The molecule has 1 amide bonds. The Hall–Kier alpha value is -2.63. The first kappa shape index (κ1) is 14.8. The van der Waals surface area contributed by atoms with Crippen molar-refractivity contribution in [3.63, 3.8) is 0 Å². The lowest BCUT2D eigenvalue weighted by atomic mass is 10.1. The summed E-state index contributed by atoms with van der Waals surface area (Å²) in [6.45, 7) is 2.77. The van der Waals surface area contributed by atoms with Gasteiger partial charge in [0.15, 0.2) is 0 Å². The van der Waals surface area contributed by atoms with E-state index in [1.807, 2.05) is 24.3 Å². The van der Waals surface area contributed by atoms with Gasteiger partial charge in [-0.25, -0.2) is 9.97 Å². The summed E-state index contributed by atoms with van der Waals surface area (Å²) < 4.78 is 5.65. The molecule has 0 unspecified atom stereocenters. The Labute approximate surface area is 123 Å². The van der Waals surface area contributed by atoms with Gasteiger partial charge in [-0.05, 0) is 24.6 Å². The van der Waals surface area contributed by atoms with Crippen molar-refractivity contribution in [3.8, 4) is 17.0 Å². The summed E-state index contributed by atoms with van der Waals surface area (Å²) in [5.41, 5.74) is 12.3. The van der Waals surface area contributed by atoms with Crippen LogP contribution in [0.5, 0.6) is 5.75 Å². The summed E-state index contributed by atoms with van der Waals surface area (Å²) in [6, 6.07) is 8.96. The van der Waals surface area contributed by atoms with E-state index in [2.05, 4.69) is 16.9 Å². The number of aromatic nitrogens is 2. The van der Waals surface area contributed by atoms with Crippen LogP contribution < -0.4 is 16.2 Å². The standard InChI is InChI=1S/C15H18N4O2/c1-2-3-7-21-11-6-4-5-10(8-11)12-9-13(14(16)20)19-15(17)18-12/h4-6,8-9H,2-3,7H2,1H3,(H2,16,20)(H2,17,18,19). The highest BCUT2D eigenvalue weighted by Gasteiger charge is 2.09. The van der Waals surface area contributed by atoms with Crippen LogP contribution in [0.2, 0.25) is 0 Å². The zero-order chi connectivity index (χ0) is 15.2. The quantitative estimate of drug-likeness (QED) is 0.790. The third kappa shape index (κ3) is 3.92. The second kappa shape index (κ2) is 6.69. The number of carbonyl (C=O) groups is 1. The Morgan fingerprint density at radius 2 is 2.10 bits per heavy atom. The molecule has 0 aliphatic heterocycles. The van der Waals surface area contributed by atoms with Gasteiger partial charge in [0.1, 0.15) is 11.4 Å². The zero-order valence-corrected chi connectivity index (χ0v) is 11.9. The summed E-state index contributed by atoms with van der Waals surface area (Å²) >= 11 is 0. The lowest BCUT2D eigenvalue weighted by molar-refractivity contribution is 0.0995. The number of unbranched alkanes of at least 4 members (excludes halogenated alkanes) is 1. The summed E-state index contributed by atoms with van der Waals surface area (Å²) in [7, 11) is 0. The number of amides is 1. The molecule has 1 heterocycles. The van der Waals surface area contributed by atoms with Crippen LogP contribution in [0.15, 0.2) is 30.3 Å². The molecule has 0 aliphatic rings. The molecule has 1 aromatic heterocycles. The molecule has 0 radical (unpaired) electrons. The van der Waals surface area contributed by atoms with Crippen LogP contribution in [-0.4, -0.2) is 22.5 Å². The van der Waals surface area contributed by atoms with E-state index in [1.165, 1.54) is 6.07 Å². The average molecular weight is 286 g/mol. The second-order valence-electron chi connectivity index (χ2n) is 4.59. The predicted octanol–water partition coefficient (Wildman–Crippen LogP) is 2.00. The van der Waals surface area contributed by atoms with Crippen LogP contribution in [0, 0.1) is 0 Å². The van der Waals surface area contributed by atoms with Gasteiger partial charge in [0, 0.05) is 5.56 Å². The Kier molecular flexibility index (Phi) is 4.71. The number of hydrogen-bond acceptors (Lipinski definition) is 5. The average Bonchev–Trinajstić information content (AvgIpc) is 2.47. The van der Waals surface area contributed by atoms with Crippen molar-refractivity contribution in [1.29, 1.82) is 0 Å². The molecule has 2 rings (SSSR count).